The van der Waals surface area contributed by atoms with Crippen molar-refractivity contribution in [1.29, 1.82) is 0 Å². The van der Waals surface area contributed by atoms with Gasteiger partial charge in [-0.05, 0) is 0 Å². The van der Waals surface area contributed by atoms with E-state index in [0.717, 1.165) is 5.69 Å². The van der Waals surface area contributed by atoms with Crippen LogP contribution in [0.1, 0.15) is 76.7 Å². The van der Waals surface area contributed by atoms with Crippen LogP contribution in [-0.4, -0.2) is 41.4 Å². The van der Waals surface area contributed by atoms with Crippen molar-refractivity contribution in [2.75, 3.05) is 6.61 Å². The molecule has 154 valence electrons. The molecular formula is C21H38N2O3Sn. The van der Waals surface area contributed by atoms with Crippen molar-refractivity contribution in [3.63, 3.8) is 0 Å². The van der Waals surface area contributed by atoms with Crippen LogP contribution in [0.4, 0.5) is 4.79 Å². The van der Waals surface area contributed by atoms with Crippen molar-refractivity contribution in [3.8, 4) is 0 Å². The van der Waals surface area contributed by atoms with E-state index >= 15 is 0 Å². The SMILES string of the molecule is CCC[CH2][Sn]([CH2]CCC)([CH2]CCC)[c]1ccc(C(C)=O)n1CCOC(N)=O. The van der Waals surface area contributed by atoms with Crippen molar-refractivity contribution in [1.82, 2.24) is 4.57 Å². The second-order valence-corrected chi connectivity index (χ2v) is 20.6. The van der Waals surface area contributed by atoms with Crippen LogP contribution < -0.4 is 9.44 Å². The second-order valence-electron chi connectivity index (χ2n) is 7.57. The zero-order valence-corrected chi connectivity index (χ0v) is 20.5. The molecule has 0 saturated carbocycles. The quantitative estimate of drug-likeness (QED) is 0.303. The first-order valence-electron chi connectivity index (χ1n) is 10.5. The predicted molar refractivity (Wildman–Crippen MR) is 115 cm³/mol. The molecule has 1 aromatic rings. The number of carbonyl (C=O) groups excluding carboxylic acids is 2. The van der Waals surface area contributed by atoms with Gasteiger partial charge in [-0.1, -0.05) is 0 Å². The normalized spacial score (nSPS) is 11.6. The standard InChI is InChI=1S/C9H11N2O3.3C4H9.Sn/c1-7(12)8-3-2-4-11(8)5-6-14-9(10)13;3*1-3-4-2;/h2-3H,5-6H2,1H3,(H2,10,13);3*1,3-4H2,2H3;. The molecule has 1 heterocycles. The van der Waals surface area contributed by atoms with Gasteiger partial charge in [0.25, 0.3) is 0 Å². The van der Waals surface area contributed by atoms with Gasteiger partial charge >= 0.3 is 169 Å². The van der Waals surface area contributed by atoms with Crippen LogP contribution in [0.25, 0.3) is 0 Å². The maximum atomic E-state index is 12.2. The molecule has 6 heteroatoms. The van der Waals surface area contributed by atoms with Gasteiger partial charge in [0.15, 0.2) is 0 Å². The van der Waals surface area contributed by atoms with Gasteiger partial charge in [-0.25, -0.2) is 0 Å². The summed E-state index contributed by atoms with van der Waals surface area (Å²) in [5.74, 6) is 0.0713. The Labute approximate surface area is 168 Å². The zero-order chi connectivity index (χ0) is 20.3. The molecule has 0 spiro atoms. The van der Waals surface area contributed by atoms with Gasteiger partial charge in [0.2, 0.25) is 0 Å². The summed E-state index contributed by atoms with van der Waals surface area (Å²) in [6.45, 7) is 9.13. The average Bonchev–Trinajstić information content (AvgIpc) is 3.06. The number of ether oxygens (including phenoxy) is 1. The number of carbonyl (C=O) groups is 2. The maximum absolute atomic E-state index is 12.2. The zero-order valence-electron chi connectivity index (χ0n) is 17.7. The predicted octanol–water partition coefficient (Wildman–Crippen LogP) is 4.84. The minimum absolute atomic E-state index is 0.0713. The number of nitrogens with zero attached hydrogens (tertiary/aromatic N) is 1. The van der Waals surface area contributed by atoms with Crippen LogP contribution in [0.15, 0.2) is 12.1 Å². The first-order valence-corrected chi connectivity index (χ1v) is 18.0. The summed E-state index contributed by atoms with van der Waals surface area (Å²) in [7, 11) is 0. The molecule has 1 amide bonds. The Morgan fingerprint density at radius 1 is 1.00 bits per heavy atom. The fourth-order valence-electron chi connectivity index (χ4n) is 4.02. The number of Topliss-reactive ketones (excluding diaryl/α,β-unsaturated/α-hetero) is 1. The summed E-state index contributed by atoms with van der Waals surface area (Å²) in [6.07, 6.45) is 6.67. The molecule has 0 fully saturated rings. The van der Waals surface area contributed by atoms with E-state index in [0.29, 0.717) is 6.54 Å². The Morgan fingerprint density at radius 2 is 1.52 bits per heavy atom. The van der Waals surface area contributed by atoms with Gasteiger partial charge in [-0.15, -0.1) is 0 Å². The van der Waals surface area contributed by atoms with E-state index in [2.05, 4.69) is 31.4 Å². The monoisotopic (exact) mass is 486 g/mol. The van der Waals surface area contributed by atoms with Gasteiger partial charge in [0, 0.05) is 0 Å². The summed E-state index contributed by atoms with van der Waals surface area (Å²) < 4.78 is 12.6. The number of aromatic nitrogens is 1. The summed E-state index contributed by atoms with van der Waals surface area (Å²) >= 11 is -2.67. The third kappa shape index (κ3) is 7.16. The average molecular weight is 485 g/mol. The first kappa shape index (κ1) is 24.1. The Kier molecular flexibility index (Phi) is 11.1. The van der Waals surface area contributed by atoms with E-state index in [4.69, 9.17) is 10.5 Å². The van der Waals surface area contributed by atoms with E-state index < -0.39 is 24.5 Å². The Balaban J connectivity index is 3.34. The topological polar surface area (TPSA) is 74.3 Å². The molecule has 5 nitrogen and oxygen atoms in total. The molecule has 0 unspecified atom stereocenters. The molecular weight excluding hydrogens is 447 g/mol. The minimum atomic E-state index is -2.67. The first-order chi connectivity index (χ1) is 12.9. The third-order valence-corrected chi connectivity index (χ3v) is 21.0. The van der Waals surface area contributed by atoms with Crippen molar-refractivity contribution < 1.29 is 14.3 Å². The molecule has 0 bridgehead atoms. The van der Waals surface area contributed by atoms with Crippen LogP contribution in [0.3, 0.4) is 0 Å². The van der Waals surface area contributed by atoms with Gasteiger partial charge in [0.05, 0.1) is 0 Å². The number of unbranched alkanes of at least 4 members (excludes halogenated alkanes) is 3. The third-order valence-electron chi connectivity index (χ3n) is 5.47. The van der Waals surface area contributed by atoms with Gasteiger partial charge in [-0.2, -0.15) is 0 Å². The van der Waals surface area contributed by atoms with E-state index in [1.54, 1.807) is 6.92 Å². The number of nitrogens with two attached hydrogens (primary N) is 1. The Hall–Kier alpha value is -0.981. The van der Waals surface area contributed by atoms with Gasteiger partial charge in [-0.3, -0.25) is 0 Å². The van der Waals surface area contributed by atoms with Gasteiger partial charge in [0.1, 0.15) is 0 Å². The molecule has 0 radical (unpaired) electrons. The van der Waals surface area contributed by atoms with Crippen LogP contribution in [0.2, 0.25) is 13.3 Å². The van der Waals surface area contributed by atoms with Crippen molar-refractivity contribution in [3.05, 3.63) is 17.8 Å². The van der Waals surface area contributed by atoms with Gasteiger partial charge < -0.3 is 0 Å². The van der Waals surface area contributed by atoms with Crippen LogP contribution in [0.5, 0.6) is 0 Å². The molecule has 0 aliphatic rings. The van der Waals surface area contributed by atoms with E-state index in [-0.39, 0.29) is 12.4 Å². The molecule has 0 aliphatic carbocycles. The molecule has 27 heavy (non-hydrogen) atoms. The number of rotatable bonds is 14. The van der Waals surface area contributed by atoms with E-state index in [1.165, 1.54) is 55.5 Å². The Bertz CT molecular complexity index is 576. The van der Waals surface area contributed by atoms with Crippen LogP contribution in [0, 0.1) is 0 Å². The fourth-order valence-corrected chi connectivity index (χ4v) is 20.7. The van der Waals surface area contributed by atoms with Crippen molar-refractivity contribution in [2.24, 2.45) is 5.73 Å². The number of amides is 1. The van der Waals surface area contributed by atoms with E-state index in [9.17, 15) is 9.59 Å². The molecule has 0 aliphatic heterocycles. The fraction of sp³-hybridized carbons (Fsp3) is 0.714. The number of hydrogen-bond donors (Lipinski definition) is 1. The summed E-state index contributed by atoms with van der Waals surface area (Å²) in [4.78, 5) is 23.2. The molecule has 0 aromatic carbocycles. The van der Waals surface area contributed by atoms with Crippen LogP contribution in [-0.2, 0) is 11.3 Å². The Morgan fingerprint density at radius 3 is 1.93 bits per heavy atom. The number of hydrogen-bond acceptors (Lipinski definition) is 3. The van der Waals surface area contributed by atoms with E-state index in [1.807, 2.05) is 6.07 Å². The second kappa shape index (κ2) is 12.5. The van der Waals surface area contributed by atoms with Crippen molar-refractivity contribution in [2.45, 2.75) is 86.1 Å². The molecule has 0 saturated heterocycles. The molecule has 1 aromatic heterocycles. The molecule has 0 atom stereocenters. The van der Waals surface area contributed by atoms with Crippen molar-refractivity contribution >= 4 is 34.0 Å². The van der Waals surface area contributed by atoms with Crippen LogP contribution >= 0.6 is 0 Å². The number of ketones is 1. The molecule has 1 rings (SSSR count). The molecule has 2 N–H and O–H groups in total. The summed E-state index contributed by atoms with van der Waals surface area (Å²) in [5.41, 5.74) is 5.87. The number of primary amides is 1. The summed E-state index contributed by atoms with van der Waals surface area (Å²) in [5, 5.41) is 0. The summed E-state index contributed by atoms with van der Waals surface area (Å²) in [6, 6.07) is 4.20.